The fraction of sp³-hybridized carbons (Fsp3) is 0.667. The molecule has 4 N–H and O–H groups in total. The van der Waals surface area contributed by atoms with Crippen LogP contribution in [0.2, 0.25) is 0 Å². The van der Waals surface area contributed by atoms with Crippen molar-refractivity contribution in [2.75, 3.05) is 57.0 Å². The lowest BCUT2D eigenvalue weighted by Crippen LogP contribution is -2.39. The van der Waals surface area contributed by atoms with Crippen LogP contribution in [0.25, 0.3) is 10.9 Å². The van der Waals surface area contributed by atoms with Gasteiger partial charge in [0.25, 0.3) is 0 Å². The smallest absolute Gasteiger partial charge is 0.305 e. The molecule has 0 unspecified atom stereocenters. The van der Waals surface area contributed by atoms with E-state index in [1.165, 1.54) is 45.6 Å². The van der Waals surface area contributed by atoms with Gasteiger partial charge in [-0.25, -0.2) is 4.98 Å². The number of nitrogens with one attached hydrogen (secondary N) is 4. The van der Waals surface area contributed by atoms with E-state index in [2.05, 4.69) is 42.5 Å². The van der Waals surface area contributed by atoms with Gasteiger partial charge in [-0.15, -0.1) is 5.10 Å². The first kappa shape index (κ1) is 33.0. The molecule has 3 aromatic rings. The van der Waals surface area contributed by atoms with Gasteiger partial charge in [0, 0.05) is 43.5 Å². The minimum absolute atomic E-state index is 0.136. The van der Waals surface area contributed by atoms with Crippen molar-refractivity contribution in [3.05, 3.63) is 36.2 Å². The summed E-state index contributed by atoms with van der Waals surface area (Å²) in [6.45, 7) is 7.40. The van der Waals surface area contributed by atoms with Crippen molar-refractivity contribution in [3.63, 3.8) is 0 Å². The minimum Gasteiger partial charge on any atom is -0.469 e. The fourth-order valence-electron chi connectivity index (χ4n) is 6.32. The molecular formula is C33H52N10O2. The molecule has 0 amide bonds. The van der Waals surface area contributed by atoms with Gasteiger partial charge in [-0.05, 0) is 83.3 Å². The average Bonchev–Trinajstić information content (AvgIpc) is 3.54. The highest BCUT2D eigenvalue weighted by atomic mass is 16.5. The van der Waals surface area contributed by atoms with Crippen LogP contribution in [0.5, 0.6) is 0 Å². The maximum Gasteiger partial charge on any atom is 0.305 e. The molecule has 12 nitrogen and oxygen atoms in total. The molecule has 1 aliphatic carbocycles. The normalized spacial score (nSPS) is 16.6. The van der Waals surface area contributed by atoms with E-state index in [9.17, 15) is 4.79 Å². The summed E-state index contributed by atoms with van der Waals surface area (Å²) in [7, 11) is 1.45. The van der Waals surface area contributed by atoms with E-state index in [1.54, 1.807) is 0 Å². The number of carbonyl (C=O) groups excluding carboxylic acids is 1. The molecule has 1 saturated carbocycles. The zero-order valence-electron chi connectivity index (χ0n) is 27.0. The molecule has 246 valence electrons. The monoisotopic (exact) mass is 620 g/mol. The van der Waals surface area contributed by atoms with Gasteiger partial charge in [-0.3, -0.25) is 9.48 Å². The first-order chi connectivity index (χ1) is 22.2. The Morgan fingerprint density at radius 3 is 2.60 bits per heavy atom. The van der Waals surface area contributed by atoms with E-state index in [4.69, 9.17) is 14.7 Å². The number of anilines is 2. The van der Waals surface area contributed by atoms with Crippen molar-refractivity contribution >= 4 is 28.6 Å². The van der Waals surface area contributed by atoms with E-state index >= 15 is 0 Å². The van der Waals surface area contributed by atoms with Crippen LogP contribution >= 0.6 is 0 Å². The zero-order valence-corrected chi connectivity index (χ0v) is 27.0. The summed E-state index contributed by atoms with van der Waals surface area (Å²) in [4.78, 5) is 23.5. The lowest BCUT2D eigenvalue weighted by molar-refractivity contribution is -0.140. The molecule has 45 heavy (non-hydrogen) atoms. The highest BCUT2D eigenvalue weighted by molar-refractivity contribution is 5.90. The molecule has 0 bridgehead atoms. The van der Waals surface area contributed by atoms with Gasteiger partial charge in [-0.1, -0.05) is 36.6 Å². The molecule has 5 rings (SSSR count). The number of benzene rings is 1. The van der Waals surface area contributed by atoms with Gasteiger partial charge in [0.1, 0.15) is 11.5 Å². The number of hydrogen-bond acceptors (Lipinski definition) is 11. The molecule has 2 fully saturated rings. The summed E-state index contributed by atoms with van der Waals surface area (Å²) in [5.74, 6) is 1.30. The van der Waals surface area contributed by atoms with Crippen molar-refractivity contribution < 1.29 is 9.53 Å². The largest absolute Gasteiger partial charge is 0.469 e. The molecule has 1 saturated heterocycles. The molecule has 1 aromatic carbocycles. The number of aromatic nitrogens is 5. The molecule has 0 radical (unpaired) electrons. The lowest BCUT2D eigenvalue weighted by Gasteiger charge is -2.32. The van der Waals surface area contributed by atoms with Crippen molar-refractivity contribution in [1.29, 1.82) is 0 Å². The number of para-hydroxylation sites is 1. The molecule has 1 aliphatic heterocycles. The molecular weight excluding hydrogens is 568 g/mol. The number of esters is 1. The number of carbonyl (C=O) groups is 1. The highest BCUT2D eigenvalue weighted by Crippen LogP contribution is 2.25. The molecule has 2 aromatic heterocycles. The Bertz CT molecular complexity index is 1300. The van der Waals surface area contributed by atoms with Crippen molar-refractivity contribution in [2.45, 2.75) is 95.8 Å². The second kappa shape index (κ2) is 18.0. The first-order valence-corrected chi connectivity index (χ1v) is 17.1. The van der Waals surface area contributed by atoms with Crippen LogP contribution in [0.15, 0.2) is 30.5 Å². The van der Waals surface area contributed by atoms with Crippen LogP contribution in [0.4, 0.5) is 11.8 Å². The second-order valence-electron chi connectivity index (χ2n) is 12.4. The second-order valence-corrected chi connectivity index (χ2v) is 12.4. The number of aryl methyl sites for hydroxylation is 1. The maximum absolute atomic E-state index is 11.4. The molecule has 3 heterocycles. The van der Waals surface area contributed by atoms with E-state index in [-0.39, 0.29) is 5.97 Å². The Hall–Kier alpha value is -3.35. The quantitative estimate of drug-likeness (QED) is 0.122. The Balaban J connectivity index is 1.02. The van der Waals surface area contributed by atoms with E-state index in [0.717, 1.165) is 100.0 Å². The van der Waals surface area contributed by atoms with Crippen molar-refractivity contribution in [1.82, 2.24) is 40.5 Å². The SMILES string of the molecule is COC(=O)CCCN1CCC(Nc2nc(NCc3cn(CCCNCCCNC4CCCCC4)nn3)nc3ccccc23)CC1. The number of piperidine rings is 1. The van der Waals surface area contributed by atoms with Crippen LogP contribution in [-0.2, 0) is 22.6 Å². The number of ether oxygens (including phenoxy) is 1. The first-order valence-electron chi connectivity index (χ1n) is 17.1. The minimum atomic E-state index is -0.136. The molecule has 0 atom stereocenters. The van der Waals surface area contributed by atoms with E-state index in [0.29, 0.717) is 25.0 Å². The summed E-state index contributed by atoms with van der Waals surface area (Å²) in [5.41, 5.74) is 1.77. The van der Waals surface area contributed by atoms with Gasteiger partial charge < -0.3 is 30.9 Å². The number of nitrogens with zero attached hydrogens (tertiary/aromatic N) is 6. The van der Waals surface area contributed by atoms with Crippen LogP contribution in [0, 0.1) is 0 Å². The van der Waals surface area contributed by atoms with Crippen LogP contribution in [-0.4, -0.2) is 94.3 Å². The number of rotatable bonds is 18. The van der Waals surface area contributed by atoms with Gasteiger partial charge >= 0.3 is 5.97 Å². The molecule has 12 heteroatoms. The van der Waals surface area contributed by atoms with Crippen LogP contribution in [0.1, 0.15) is 76.3 Å². The predicted octanol–water partition coefficient (Wildman–Crippen LogP) is 3.96. The predicted molar refractivity (Wildman–Crippen MR) is 178 cm³/mol. The van der Waals surface area contributed by atoms with Crippen LogP contribution < -0.4 is 21.3 Å². The van der Waals surface area contributed by atoms with Gasteiger partial charge in [-0.2, -0.15) is 4.98 Å². The van der Waals surface area contributed by atoms with Crippen LogP contribution in [0.3, 0.4) is 0 Å². The van der Waals surface area contributed by atoms with Gasteiger partial charge in [0.05, 0.1) is 25.4 Å². The third kappa shape index (κ3) is 10.9. The van der Waals surface area contributed by atoms with E-state index in [1.807, 2.05) is 29.1 Å². The third-order valence-corrected chi connectivity index (χ3v) is 8.94. The Labute approximate surface area is 267 Å². The lowest BCUT2D eigenvalue weighted by atomic mass is 9.95. The average molecular weight is 621 g/mol. The topological polar surface area (TPSA) is 134 Å². The summed E-state index contributed by atoms with van der Waals surface area (Å²) in [6, 6.07) is 9.20. The van der Waals surface area contributed by atoms with Gasteiger partial charge in [0.2, 0.25) is 5.95 Å². The standard InChI is InChI=1S/C33H52N10O2/c1-45-31(44)14-7-20-42-22-15-27(16-23-42)37-32-29-12-5-6-13-30(29)38-33(39-32)36-24-28-25-43(41-40-28)21-9-18-34-17-8-19-35-26-10-3-2-4-11-26/h5-6,12-13,25-27,34-35H,2-4,7-11,14-24H2,1H3,(H2,36,37,38,39). The Kier molecular flexibility index (Phi) is 13.2. The molecule has 0 spiro atoms. The fourth-order valence-corrected chi connectivity index (χ4v) is 6.32. The number of hydrogen-bond donors (Lipinski definition) is 4. The number of likely N-dealkylation sites (tertiary alicyclic amines) is 1. The van der Waals surface area contributed by atoms with Crippen molar-refractivity contribution in [2.24, 2.45) is 0 Å². The highest BCUT2D eigenvalue weighted by Gasteiger charge is 2.21. The third-order valence-electron chi connectivity index (χ3n) is 8.94. The summed E-state index contributed by atoms with van der Waals surface area (Å²) < 4.78 is 6.68. The number of methoxy groups -OCH3 is 1. The summed E-state index contributed by atoms with van der Waals surface area (Å²) in [5, 5.41) is 24.0. The zero-order chi connectivity index (χ0) is 31.1. The van der Waals surface area contributed by atoms with E-state index < -0.39 is 0 Å². The van der Waals surface area contributed by atoms with Gasteiger partial charge in [0.15, 0.2) is 0 Å². The Morgan fingerprint density at radius 1 is 0.933 bits per heavy atom. The summed E-state index contributed by atoms with van der Waals surface area (Å²) >= 11 is 0. The Morgan fingerprint density at radius 2 is 1.76 bits per heavy atom. The number of fused-ring (bicyclic) bond motifs is 1. The van der Waals surface area contributed by atoms with Crippen molar-refractivity contribution in [3.8, 4) is 0 Å². The molecule has 2 aliphatic rings. The maximum atomic E-state index is 11.4. The summed E-state index contributed by atoms with van der Waals surface area (Å²) in [6.07, 6.45) is 14.4.